The lowest BCUT2D eigenvalue weighted by Crippen LogP contribution is -2.15. The Kier molecular flexibility index (Phi) is 7.24. The second-order valence-corrected chi connectivity index (χ2v) is 6.32. The molecule has 6 nitrogen and oxygen atoms in total. The van der Waals surface area contributed by atoms with Gasteiger partial charge in [0.15, 0.2) is 0 Å². The number of amides is 2. The molecule has 0 aromatic carbocycles. The molecule has 2 amide bonds. The lowest BCUT2D eigenvalue weighted by molar-refractivity contribution is -0.116. The van der Waals surface area contributed by atoms with Gasteiger partial charge in [0.1, 0.15) is 4.88 Å². The molecule has 0 aliphatic rings. The normalized spacial score (nSPS) is 10.2. The van der Waals surface area contributed by atoms with Gasteiger partial charge in [-0.3, -0.25) is 9.59 Å². The van der Waals surface area contributed by atoms with Crippen LogP contribution in [0, 0.1) is 6.92 Å². The van der Waals surface area contributed by atoms with Gasteiger partial charge in [0.25, 0.3) is 0 Å². The first-order valence-corrected chi connectivity index (χ1v) is 8.34. The smallest absolute Gasteiger partial charge is 0.348 e. The zero-order valence-electron chi connectivity index (χ0n) is 11.9. The number of carbonyl (C=O) groups is 3. The van der Waals surface area contributed by atoms with Crippen molar-refractivity contribution >= 4 is 45.9 Å². The van der Waals surface area contributed by atoms with Crippen LogP contribution in [-0.4, -0.2) is 35.9 Å². The van der Waals surface area contributed by atoms with Crippen molar-refractivity contribution in [3.05, 3.63) is 16.5 Å². The van der Waals surface area contributed by atoms with Crippen LogP contribution < -0.4 is 11.1 Å². The molecule has 0 saturated carbocycles. The maximum absolute atomic E-state index is 11.7. The lowest BCUT2D eigenvalue weighted by atomic mass is 10.3. The van der Waals surface area contributed by atoms with Crippen LogP contribution in [0.1, 0.15) is 28.6 Å². The van der Waals surface area contributed by atoms with Gasteiger partial charge in [-0.1, -0.05) is 0 Å². The highest BCUT2D eigenvalue weighted by Crippen LogP contribution is 2.27. The van der Waals surface area contributed by atoms with Gasteiger partial charge in [-0.2, -0.15) is 11.8 Å². The standard InChI is InChI=1S/C13H18N2O4S2/c1-3-19-13(18)12-8(2)6-11(21-12)15-10(17)4-5-20-7-9(14)16/h6H,3-5,7H2,1-2H3,(H2,14,16)(H,15,17). The number of nitrogens with two attached hydrogens (primary N) is 1. The first-order valence-electron chi connectivity index (χ1n) is 6.37. The molecule has 116 valence electrons. The summed E-state index contributed by atoms with van der Waals surface area (Å²) in [6, 6.07) is 1.74. The number of aryl methyl sites for hydroxylation is 1. The van der Waals surface area contributed by atoms with E-state index in [1.54, 1.807) is 19.9 Å². The first-order chi connectivity index (χ1) is 9.93. The Morgan fingerprint density at radius 2 is 2.14 bits per heavy atom. The Balaban J connectivity index is 2.48. The molecule has 0 atom stereocenters. The van der Waals surface area contributed by atoms with Gasteiger partial charge in [0.05, 0.1) is 17.4 Å². The Morgan fingerprint density at radius 3 is 2.76 bits per heavy atom. The topological polar surface area (TPSA) is 98.5 Å². The molecule has 0 bridgehead atoms. The van der Waals surface area contributed by atoms with Gasteiger partial charge >= 0.3 is 5.97 Å². The molecule has 0 radical (unpaired) electrons. The van der Waals surface area contributed by atoms with Gasteiger partial charge in [0.2, 0.25) is 11.8 Å². The van der Waals surface area contributed by atoms with Crippen molar-refractivity contribution in [3.8, 4) is 0 Å². The summed E-state index contributed by atoms with van der Waals surface area (Å²) >= 11 is 2.51. The number of anilines is 1. The quantitative estimate of drug-likeness (QED) is 0.559. The number of rotatable bonds is 8. The lowest BCUT2D eigenvalue weighted by Gasteiger charge is -2.02. The Morgan fingerprint density at radius 1 is 1.43 bits per heavy atom. The average molecular weight is 330 g/mol. The predicted octanol–water partition coefficient (Wildman–Crippen LogP) is 1.78. The van der Waals surface area contributed by atoms with E-state index >= 15 is 0 Å². The minimum absolute atomic E-state index is 0.163. The number of nitrogens with one attached hydrogen (secondary N) is 1. The SMILES string of the molecule is CCOC(=O)c1sc(NC(=O)CCSCC(N)=O)cc1C. The number of ether oxygens (including phenoxy) is 1. The molecule has 1 aromatic heterocycles. The number of hydrogen-bond donors (Lipinski definition) is 2. The monoisotopic (exact) mass is 330 g/mol. The molecule has 0 saturated heterocycles. The number of thiophene rings is 1. The average Bonchev–Trinajstić information content (AvgIpc) is 2.75. The molecule has 1 rings (SSSR count). The van der Waals surface area contributed by atoms with Crippen molar-refractivity contribution in [2.75, 3.05) is 23.4 Å². The highest BCUT2D eigenvalue weighted by molar-refractivity contribution is 7.99. The van der Waals surface area contributed by atoms with Crippen LogP contribution in [-0.2, 0) is 14.3 Å². The molecule has 0 fully saturated rings. The highest BCUT2D eigenvalue weighted by atomic mass is 32.2. The number of hydrogen-bond acceptors (Lipinski definition) is 6. The largest absolute Gasteiger partial charge is 0.462 e. The number of carbonyl (C=O) groups excluding carboxylic acids is 3. The summed E-state index contributed by atoms with van der Waals surface area (Å²) in [5.74, 6) is -0.211. The van der Waals surface area contributed by atoms with E-state index in [0.717, 1.165) is 5.56 Å². The van der Waals surface area contributed by atoms with Gasteiger partial charge in [0, 0.05) is 12.2 Å². The van der Waals surface area contributed by atoms with E-state index in [2.05, 4.69) is 5.32 Å². The summed E-state index contributed by atoms with van der Waals surface area (Å²) in [5, 5.41) is 3.34. The van der Waals surface area contributed by atoms with Crippen molar-refractivity contribution in [1.82, 2.24) is 0 Å². The zero-order chi connectivity index (χ0) is 15.8. The van der Waals surface area contributed by atoms with E-state index in [9.17, 15) is 14.4 Å². The van der Waals surface area contributed by atoms with E-state index < -0.39 is 5.91 Å². The van der Waals surface area contributed by atoms with Crippen LogP contribution in [0.4, 0.5) is 5.00 Å². The second kappa shape index (κ2) is 8.68. The third-order valence-corrected chi connectivity index (χ3v) is 4.47. The highest BCUT2D eigenvalue weighted by Gasteiger charge is 2.15. The van der Waals surface area contributed by atoms with Crippen LogP contribution in [0.15, 0.2) is 6.07 Å². The van der Waals surface area contributed by atoms with Crippen molar-refractivity contribution in [2.24, 2.45) is 5.73 Å². The second-order valence-electron chi connectivity index (χ2n) is 4.16. The van der Waals surface area contributed by atoms with Gasteiger partial charge < -0.3 is 15.8 Å². The number of primary amides is 1. The number of thioether (sulfide) groups is 1. The Labute approximate surface area is 131 Å². The van der Waals surface area contributed by atoms with Crippen LogP contribution in [0.3, 0.4) is 0 Å². The molecule has 0 unspecified atom stereocenters. The zero-order valence-corrected chi connectivity index (χ0v) is 13.6. The minimum atomic E-state index is -0.395. The van der Waals surface area contributed by atoms with E-state index in [4.69, 9.17) is 10.5 Å². The summed E-state index contributed by atoms with van der Waals surface area (Å²) in [7, 11) is 0. The minimum Gasteiger partial charge on any atom is -0.462 e. The fourth-order valence-corrected chi connectivity index (χ4v) is 3.14. The summed E-state index contributed by atoms with van der Waals surface area (Å²) in [4.78, 5) is 34.4. The predicted molar refractivity (Wildman–Crippen MR) is 84.8 cm³/mol. The fourth-order valence-electron chi connectivity index (χ4n) is 1.48. The molecular weight excluding hydrogens is 312 g/mol. The first kappa shape index (κ1) is 17.5. The molecule has 0 aliphatic carbocycles. The van der Waals surface area contributed by atoms with Gasteiger partial charge in [-0.15, -0.1) is 11.3 Å². The molecule has 8 heteroatoms. The maximum Gasteiger partial charge on any atom is 0.348 e. The van der Waals surface area contributed by atoms with Crippen molar-refractivity contribution in [1.29, 1.82) is 0 Å². The molecule has 0 aliphatic heterocycles. The third kappa shape index (κ3) is 6.17. The van der Waals surface area contributed by atoms with Gasteiger partial charge in [-0.25, -0.2) is 4.79 Å². The molecular formula is C13H18N2O4S2. The molecule has 0 spiro atoms. The summed E-state index contributed by atoms with van der Waals surface area (Å²) < 4.78 is 4.94. The van der Waals surface area contributed by atoms with Crippen LogP contribution >= 0.6 is 23.1 Å². The van der Waals surface area contributed by atoms with Crippen molar-refractivity contribution in [2.45, 2.75) is 20.3 Å². The summed E-state index contributed by atoms with van der Waals surface area (Å²) in [6.45, 7) is 3.85. The molecule has 1 aromatic rings. The van der Waals surface area contributed by atoms with Gasteiger partial charge in [-0.05, 0) is 25.5 Å². The fraction of sp³-hybridized carbons (Fsp3) is 0.462. The van der Waals surface area contributed by atoms with E-state index in [1.807, 2.05) is 0 Å². The summed E-state index contributed by atoms with van der Waals surface area (Å²) in [5.41, 5.74) is 5.78. The van der Waals surface area contributed by atoms with Crippen LogP contribution in [0.5, 0.6) is 0 Å². The van der Waals surface area contributed by atoms with E-state index in [1.165, 1.54) is 23.1 Å². The van der Waals surface area contributed by atoms with Crippen molar-refractivity contribution in [3.63, 3.8) is 0 Å². The van der Waals surface area contributed by atoms with Crippen molar-refractivity contribution < 1.29 is 19.1 Å². The maximum atomic E-state index is 11.7. The number of esters is 1. The molecule has 1 heterocycles. The summed E-state index contributed by atoms with van der Waals surface area (Å²) in [6.07, 6.45) is 0.281. The molecule has 21 heavy (non-hydrogen) atoms. The molecule has 3 N–H and O–H groups in total. The van der Waals surface area contributed by atoms with Crippen LogP contribution in [0.2, 0.25) is 0 Å². The van der Waals surface area contributed by atoms with E-state index in [0.29, 0.717) is 22.2 Å². The Hall–Kier alpha value is -1.54. The third-order valence-electron chi connectivity index (χ3n) is 2.36. The van der Waals surface area contributed by atoms with Crippen LogP contribution in [0.25, 0.3) is 0 Å². The van der Waals surface area contributed by atoms with E-state index in [-0.39, 0.29) is 24.1 Å². The Bertz CT molecular complexity index is 528.